The predicted molar refractivity (Wildman–Crippen MR) is 84.5 cm³/mol. The van der Waals surface area contributed by atoms with Crippen LogP contribution in [0.25, 0.3) is 0 Å². The Morgan fingerprint density at radius 1 is 1.32 bits per heavy atom. The largest absolute Gasteiger partial charge is 0.349 e. The number of halogens is 1. The topological polar surface area (TPSA) is 76.0 Å². The highest BCUT2D eigenvalue weighted by atomic mass is 35.5. The fourth-order valence-corrected chi connectivity index (χ4v) is 2.20. The van der Waals surface area contributed by atoms with Crippen molar-refractivity contribution < 1.29 is 9.59 Å². The smallest absolute Gasteiger partial charge is 0.226 e. The van der Waals surface area contributed by atoms with Crippen LogP contribution in [0.1, 0.15) is 24.9 Å². The maximum atomic E-state index is 12.1. The molecule has 0 aliphatic rings. The van der Waals surface area contributed by atoms with Crippen molar-refractivity contribution in [2.45, 2.75) is 19.4 Å². The van der Waals surface area contributed by atoms with Crippen molar-refractivity contribution in [1.82, 2.24) is 15.1 Å². The standard InChI is InChI=1S/C15H17ClN4O2/c1-10(21)18-14(11-3-5-12(16)6-4-11)7-15(22)19-13-8-17-20(2)9-13/h3-6,8-9,14H,7H2,1-2H3,(H,18,21)(H,19,22). The van der Waals surface area contributed by atoms with Crippen LogP contribution in [0, 0.1) is 0 Å². The molecule has 116 valence electrons. The van der Waals surface area contributed by atoms with Crippen LogP contribution in [0.4, 0.5) is 5.69 Å². The number of hydrogen-bond donors (Lipinski definition) is 2. The van der Waals surface area contributed by atoms with E-state index >= 15 is 0 Å². The van der Waals surface area contributed by atoms with Gasteiger partial charge >= 0.3 is 0 Å². The summed E-state index contributed by atoms with van der Waals surface area (Å²) < 4.78 is 1.60. The lowest BCUT2D eigenvalue weighted by molar-refractivity contribution is -0.120. The first kappa shape index (κ1) is 16.0. The van der Waals surface area contributed by atoms with Gasteiger partial charge < -0.3 is 10.6 Å². The van der Waals surface area contributed by atoms with Gasteiger partial charge in [0.15, 0.2) is 0 Å². The average Bonchev–Trinajstić information content (AvgIpc) is 2.83. The molecule has 2 rings (SSSR count). The van der Waals surface area contributed by atoms with Crippen molar-refractivity contribution in [3.05, 3.63) is 47.2 Å². The molecule has 1 aromatic heterocycles. The minimum atomic E-state index is -0.411. The molecule has 2 aromatic rings. The first-order valence-electron chi connectivity index (χ1n) is 6.75. The van der Waals surface area contributed by atoms with E-state index in [1.165, 1.54) is 6.92 Å². The fourth-order valence-electron chi connectivity index (χ4n) is 2.08. The molecule has 22 heavy (non-hydrogen) atoms. The van der Waals surface area contributed by atoms with Gasteiger partial charge in [-0.15, -0.1) is 0 Å². The quantitative estimate of drug-likeness (QED) is 0.887. The number of hydrogen-bond acceptors (Lipinski definition) is 3. The van der Waals surface area contributed by atoms with Crippen LogP contribution in [0.15, 0.2) is 36.7 Å². The molecule has 6 nitrogen and oxygen atoms in total. The summed E-state index contributed by atoms with van der Waals surface area (Å²) in [5.74, 6) is -0.407. The van der Waals surface area contributed by atoms with Crippen molar-refractivity contribution in [3.63, 3.8) is 0 Å². The maximum Gasteiger partial charge on any atom is 0.226 e. The van der Waals surface area contributed by atoms with Crippen molar-refractivity contribution in [1.29, 1.82) is 0 Å². The van der Waals surface area contributed by atoms with Crippen LogP contribution in [0.2, 0.25) is 5.02 Å². The number of rotatable bonds is 5. The van der Waals surface area contributed by atoms with Crippen LogP contribution in [-0.4, -0.2) is 21.6 Å². The molecular formula is C15H17ClN4O2. The van der Waals surface area contributed by atoms with Gasteiger partial charge in [-0.25, -0.2) is 0 Å². The number of nitrogens with one attached hydrogen (secondary N) is 2. The average molecular weight is 321 g/mol. The van der Waals surface area contributed by atoms with E-state index in [2.05, 4.69) is 15.7 Å². The zero-order valence-corrected chi connectivity index (χ0v) is 13.1. The second kappa shape index (κ2) is 7.09. The van der Waals surface area contributed by atoms with Gasteiger partial charge in [-0.1, -0.05) is 23.7 Å². The Balaban J connectivity index is 2.07. The first-order valence-corrected chi connectivity index (χ1v) is 7.13. The van der Waals surface area contributed by atoms with Gasteiger partial charge in [-0.05, 0) is 17.7 Å². The van der Waals surface area contributed by atoms with Gasteiger partial charge in [0.1, 0.15) is 0 Å². The number of nitrogens with zero attached hydrogens (tertiary/aromatic N) is 2. The van der Waals surface area contributed by atoms with Crippen LogP contribution in [0.3, 0.4) is 0 Å². The lowest BCUT2D eigenvalue weighted by Gasteiger charge is -2.18. The van der Waals surface area contributed by atoms with Crippen molar-refractivity contribution in [3.8, 4) is 0 Å². The summed E-state index contributed by atoms with van der Waals surface area (Å²) in [6.45, 7) is 1.42. The number of aryl methyl sites for hydroxylation is 1. The zero-order valence-electron chi connectivity index (χ0n) is 12.3. The van der Waals surface area contributed by atoms with E-state index in [1.54, 1.807) is 48.4 Å². The molecular weight excluding hydrogens is 304 g/mol. The van der Waals surface area contributed by atoms with E-state index in [-0.39, 0.29) is 18.2 Å². The fraction of sp³-hybridized carbons (Fsp3) is 0.267. The molecule has 1 heterocycles. The van der Waals surface area contributed by atoms with Gasteiger partial charge in [0.05, 0.1) is 24.3 Å². The van der Waals surface area contributed by atoms with Crippen LogP contribution >= 0.6 is 11.6 Å². The Hall–Kier alpha value is -2.34. The van der Waals surface area contributed by atoms with Gasteiger partial charge in [-0.3, -0.25) is 14.3 Å². The molecule has 1 aromatic carbocycles. The van der Waals surface area contributed by atoms with Gasteiger partial charge in [-0.2, -0.15) is 5.10 Å². The Bertz CT molecular complexity index is 666. The normalized spacial score (nSPS) is 11.8. The third kappa shape index (κ3) is 4.60. The van der Waals surface area contributed by atoms with E-state index in [9.17, 15) is 9.59 Å². The summed E-state index contributed by atoms with van der Waals surface area (Å²) in [6.07, 6.45) is 3.39. The summed E-state index contributed by atoms with van der Waals surface area (Å²) in [6, 6.07) is 6.63. The molecule has 0 fully saturated rings. The molecule has 1 atom stereocenters. The number of amides is 2. The lowest BCUT2D eigenvalue weighted by atomic mass is 10.0. The number of carbonyl (C=O) groups is 2. The Labute approximate surface area is 133 Å². The van der Waals surface area contributed by atoms with Gasteiger partial charge in [0.25, 0.3) is 0 Å². The molecule has 2 N–H and O–H groups in total. The maximum absolute atomic E-state index is 12.1. The number of carbonyl (C=O) groups excluding carboxylic acids is 2. The molecule has 1 unspecified atom stereocenters. The summed E-state index contributed by atoms with van der Waals surface area (Å²) >= 11 is 5.86. The first-order chi connectivity index (χ1) is 10.4. The summed E-state index contributed by atoms with van der Waals surface area (Å²) in [5.41, 5.74) is 1.44. The summed E-state index contributed by atoms with van der Waals surface area (Å²) in [5, 5.41) is 10.1. The molecule has 0 saturated carbocycles. The lowest BCUT2D eigenvalue weighted by Crippen LogP contribution is -2.29. The highest BCUT2D eigenvalue weighted by Gasteiger charge is 2.17. The highest BCUT2D eigenvalue weighted by Crippen LogP contribution is 2.20. The van der Waals surface area contributed by atoms with E-state index < -0.39 is 6.04 Å². The molecule has 7 heteroatoms. The number of anilines is 1. The second-order valence-electron chi connectivity index (χ2n) is 4.96. The van der Waals surface area contributed by atoms with Crippen LogP contribution in [-0.2, 0) is 16.6 Å². The molecule has 0 bridgehead atoms. The molecule has 0 radical (unpaired) electrons. The van der Waals surface area contributed by atoms with Gasteiger partial charge in [0.2, 0.25) is 11.8 Å². The molecule has 0 aliphatic heterocycles. The Morgan fingerprint density at radius 2 is 2.00 bits per heavy atom. The SMILES string of the molecule is CC(=O)NC(CC(=O)Nc1cnn(C)c1)c1ccc(Cl)cc1. The second-order valence-corrected chi connectivity index (χ2v) is 5.40. The third-order valence-corrected chi connectivity index (χ3v) is 3.28. The molecule has 2 amide bonds. The van der Waals surface area contributed by atoms with E-state index in [4.69, 9.17) is 11.6 Å². The zero-order chi connectivity index (χ0) is 16.1. The minimum absolute atomic E-state index is 0.121. The summed E-state index contributed by atoms with van der Waals surface area (Å²) in [7, 11) is 1.77. The monoisotopic (exact) mass is 320 g/mol. The molecule has 0 saturated heterocycles. The molecule has 0 aliphatic carbocycles. The van der Waals surface area contributed by atoms with E-state index in [0.29, 0.717) is 10.7 Å². The third-order valence-electron chi connectivity index (χ3n) is 3.03. The summed E-state index contributed by atoms with van der Waals surface area (Å²) in [4.78, 5) is 23.5. The van der Waals surface area contributed by atoms with E-state index in [0.717, 1.165) is 5.56 Å². The van der Waals surface area contributed by atoms with Gasteiger partial charge in [0, 0.05) is 25.2 Å². The van der Waals surface area contributed by atoms with Crippen LogP contribution < -0.4 is 10.6 Å². The Morgan fingerprint density at radius 3 is 2.55 bits per heavy atom. The van der Waals surface area contributed by atoms with Crippen molar-refractivity contribution >= 4 is 29.1 Å². The van der Waals surface area contributed by atoms with Crippen molar-refractivity contribution in [2.75, 3.05) is 5.32 Å². The van der Waals surface area contributed by atoms with Crippen LogP contribution in [0.5, 0.6) is 0 Å². The minimum Gasteiger partial charge on any atom is -0.349 e. The number of aromatic nitrogens is 2. The predicted octanol–water partition coefficient (Wildman–Crippen LogP) is 2.28. The van der Waals surface area contributed by atoms with E-state index in [1.807, 2.05) is 0 Å². The number of benzene rings is 1. The van der Waals surface area contributed by atoms with Crippen molar-refractivity contribution in [2.24, 2.45) is 7.05 Å². The Kier molecular flexibility index (Phi) is 5.16. The highest BCUT2D eigenvalue weighted by molar-refractivity contribution is 6.30. The molecule has 0 spiro atoms.